The molecule has 2 nitrogen and oxygen atoms in total. The molecule has 6 heteroatoms. The van der Waals surface area contributed by atoms with Gasteiger partial charge in [-0.3, -0.25) is 4.79 Å². The van der Waals surface area contributed by atoms with Gasteiger partial charge in [-0.05, 0) is 52.2 Å². The minimum absolute atomic E-state index is 0.0187. The lowest BCUT2D eigenvalue weighted by molar-refractivity contribution is 0.0790. The van der Waals surface area contributed by atoms with Crippen LogP contribution in [0.2, 0.25) is 10.0 Å². The number of hydrogen-bond acceptors (Lipinski definition) is 2. The second-order valence-corrected chi connectivity index (χ2v) is 7.68. The van der Waals surface area contributed by atoms with Crippen LogP contribution in [0.5, 0.6) is 0 Å². The molecule has 0 bridgehead atoms. The Morgan fingerprint density at radius 2 is 2.05 bits per heavy atom. The minimum atomic E-state index is -0.0187. The number of carbonyl (C=O) groups excluding carboxylic acids is 1. The van der Waals surface area contributed by atoms with Crippen LogP contribution in [0.15, 0.2) is 28.1 Å². The second kappa shape index (κ2) is 6.48. The third kappa shape index (κ3) is 3.55. The van der Waals surface area contributed by atoms with Crippen LogP contribution in [0.3, 0.4) is 0 Å². The molecule has 2 aromatic rings. The number of carbonyl (C=O) groups is 1. The first-order chi connectivity index (χ1) is 9.38. The molecule has 0 aliphatic carbocycles. The Kier molecular flexibility index (Phi) is 5.13. The standard InChI is InChI=1S/C14H12BrCl2NOS/c1-8-5-12(20-13(8)15)14(19)18(2)7-9-3-4-10(16)6-11(9)17/h3-6H,7H2,1-2H3. The Balaban J connectivity index is 2.15. The van der Waals surface area contributed by atoms with E-state index in [1.54, 1.807) is 24.1 Å². The molecular formula is C14H12BrCl2NOS. The van der Waals surface area contributed by atoms with Crippen molar-refractivity contribution in [3.05, 3.63) is 54.1 Å². The van der Waals surface area contributed by atoms with Crippen molar-refractivity contribution in [2.75, 3.05) is 7.05 Å². The first-order valence-electron chi connectivity index (χ1n) is 5.84. The van der Waals surface area contributed by atoms with Gasteiger partial charge in [-0.2, -0.15) is 0 Å². The largest absolute Gasteiger partial charge is 0.337 e. The van der Waals surface area contributed by atoms with E-state index in [4.69, 9.17) is 23.2 Å². The summed E-state index contributed by atoms with van der Waals surface area (Å²) in [7, 11) is 1.76. The van der Waals surface area contributed by atoms with Crippen LogP contribution in [-0.4, -0.2) is 17.9 Å². The molecule has 0 radical (unpaired) electrons. The van der Waals surface area contributed by atoms with Crippen molar-refractivity contribution in [1.82, 2.24) is 4.90 Å². The Hall–Kier alpha value is -0.550. The summed E-state index contributed by atoms with van der Waals surface area (Å²) in [6, 6.07) is 7.18. The SMILES string of the molecule is Cc1cc(C(=O)N(C)Cc2ccc(Cl)cc2Cl)sc1Br. The molecule has 0 saturated heterocycles. The third-order valence-corrected chi connectivity index (χ3v) is 5.55. The average molecular weight is 393 g/mol. The molecule has 0 spiro atoms. The first kappa shape index (κ1) is 15.8. The summed E-state index contributed by atoms with van der Waals surface area (Å²) in [5, 5.41) is 1.16. The molecule has 0 atom stereocenters. The highest BCUT2D eigenvalue weighted by Crippen LogP contribution is 2.29. The van der Waals surface area contributed by atoms with E-state index in [2.05, 4.69) is 15.9 Å². The Labute approximate surface area is 140 Å². The topological polar surface area (TPSA) is 20.3 Å². The molecule has 0 unspecified atom stereocenters. The van der Waals surface area contributed by atoms with Crippen LogP contribution in [0.1, 0.15) is 20.8 Å². The summed E-state index contributed by atoms with van der Waals surface area (Å²) < 4.78 is 0.985. The van der Waals surface area contributed by atoms with Gasteiger partial charge in [0.2, 0.25) is 0 Å². The molecule has 0 aliphatic heterocycles. The highest BCUT2D eigenvalue weighted by molar-refractivity contribution is 9.11. The van der Waals surface area contributed by atoms with Gasteiger partial charge < -0.3 is 4.90 Å². The Morgan fingerprint density at radius 3 is 2.60 bits per heavy atom. The molecule has 2 rings (SSSR count). The summed E-state index contributed by atoms with van der Waals surface area (Å²) in [5.41, 5.74) is 1.94. The Bertz CT molecular complexity index is 637. The van der Waals surface area contributed by atoms with Crippen molar-refractivity contribution in [2.45, 2.75) is 13.5 Å². The fraction of sp³-hybridized carbons (Fsp3) is 0.214. The highest BCUT2D eigenvalue weighted by Gasteiger charge is 2.16. The summed E-state index contributed by atoms with van der Waals surface area (Å²) in [6.07, 6.45) is 0. The molecular weight excluding hydrogens is 381 g/mol. The quantitative estimate of drug-likeness (QED) is 0.684. The molecule has 0 N–H and O–H groups in total. The van der Waals surface area contributed by atoms with Crippen molar-refractivity contribution < 1.29 is 4.79 Å². The lowest BCUT2D eigenvalue weighted by Gasteiger charge is -2.17. The second-order valence-electron chi connectivity index (χ2n) is 4.46. The van der Waals surface area contributed by atoms with Crippen molar-refractivity contribution in [1.29, 1.82) is 0 Å². The van der Waals surface area contributed by atoms with Crippen LogP contribution < -0.4 is 0 Å². The van der Waals surface area contributed by atoms with E-state index in [1.165, 1.54) is 11.3 Å². The summed E-state index contributed by atoms with van der Waals surface area (Å²) in [4.78, 5) is 14.7. The average Bonchev–Trinajstić information content (AvgIpc) is 2.72. The first-order valence-corrected chi connectivity index (χ1v) is 8.20. The van der Waals surface area contributed by atoms with Gasteiger partial charge in [-0.15, -0.1) is 11.3 Å². The fourth-order valence-electron chi connectivity index (χ4n) is 1.73. The van der Waals surface area contributed by atoms with Gasteiger partial charge in [0.05, 0.1) is 8.66 Å². The van der Waals surface area contributed by atoms with Gasteiger partial charge >= 0.3 is 0 Å². The molecule has 20 heavy (non-hydrogen) atoms. The van der Waals surface area contributed by atoms with Crippen LogP contribution in [-0.2, 0) is 6.54 Å². The van der Waals surface area contributed by atoms with Crippen molar-refractivity contribution in [2.24, 2.45) is 0 Å². The van der Waals surface area contributed by atoms with Crippen molar-refractivity contribution in [3.63, 3.8) is 0 Å². The molecule has 0 fully saturated rings. The van der Waals surface area contributed by atoms with E-state index < -0.39 is 0 Å². The Morgan fingerprint density at radius 1 is 1.35 bits per heavy atom. The van der Waals surface area contributed by atoms with E-state index in [9.17, 15) is 4.79 Å². The van der Waals surface area contributed by atoms with Gasteiger partial charge in [-0.1, -0.05) is 29.3 Å². The predicted octanol–water partition coefficient (Wildman–Crippen LogP) is 5.40. The third-order valence-electron chi connectivity index (χ3n) is 2.84. The van der Waals surface area contributed by atoms with Crippen LogP contribution in [0.4, 0.5) is 0 Å². The zero-order valence-corrected chi connectivity index (χ0v) is 14.8. The monoisotopic (exact) mass is 391 g/mol. The molecule has 1 aromatic heterocycles. The normalized spacial score (nSPS) is 10.7. The molecule has 1 heterocycles. The zero-order chi connectivity index (χ0) is 14.9. The summed E-state index contributed by atoms with van der Waals surface area (Å²) in [5.74, 6) is -0.0187. The highest BCUT2D eigenvalue weighted by atomic mass is 79.9. The van der Waals surface area contributed by atoms with Crippen molar-refractivity contribution >= 4 is 56.4 Å². The van der Waals surface area contributed by atoms with E-state index >= 15 is 0 Å². The van der Waals surface area contributed by atoms with Crippen LogP contribution in [0.25, 0.3) is 0 Å². The van der Waals surface area contributed by atoms with Gasteiger partial charge in [0.25, 0.3) is 5.91 Å². The number of amides is 1. The van der Waals surface area contributed by atoms with E-state index in [0.29, 0.717) is 21.5 Å². The number of rotatable bonds is 3. The van der Waals surface area contributed by atoms with E-state index in [-0.39, 0.29) is 5.91 Å². The fourth-order valence-corrected chi connectivity index (χ4v) is 3.73. The number of hydrogen-bond donors (Lipinski definition) is 0. The summed E-state index contributed by atoms with van der Waals surface area (Å²) in [6.45, 7) is 2.41. The summed E-state index contributed by atoms with van der Waals surface area (Å²) >= 11 is 16.9. The molecule has 0 saturated carbocycles. The van der Waals surface area contributed by atoms with Gasteiger partial charge in [-0.25, -0.2) is 0 Å². The number of aryl methyl sites for hydroxylation is 1. The van der Waals surface area contributed by atoms with Crippen LogP contribution in [0, 0.1) is 6.92 Å². The van der Waals surface area contributed by atoms with Gasteiger partial charge in [0, 0.05) is 23.6 Å². The predicted molar refractivity (Wildman–Crippen MR) is 89.0 cm³/mol. The minimum Gasteiger partial charge on any atom is -0.337 e. The molecule has 1 amide bonds. The number of thiophene rings is 1. The van der Waals surface area contributed by atoms with E-state index in [0.717, 1.165) is 14.9 Å². The van der Waals surface area contributed by atoms with Crippen molar-refractivity contribution in [3.8, 4) is 0 Å². The number of benzene rings is 1. The maximum Gasteiger partial charge on any atom is 0.264 e. The van der Waals surface area contributed by atoms with Gasteiger partial charge in [0.1, 0.15) is 0 Å². The maximum atomic E-state index is 12.3. The maximum absolute atomic E-state index is 12.3. The molecule has 1 aromatic carbocycles. The smallest absolute Gasteiger partial charge is 0.264 e. The molecule has 106 valence electrons. The van der Waals surface area contributed by atoms with Gasteiger partial charge in [0.15, 0.2) is 0 Å². The van der Waals surface area contributed by atoms with E-state index in [1.807, 2.05) is 19.1 Å². The van der Waals surface area contributed by atoms with Crippen LogP contribution >= 0.6 is 50.5 Å². The zero-order valence-electron chi connectivity index (χ0n) is 10.9. The number of halogens is 3. The lowest BCUT2D eigenvalue weighted by atomic mass is 10.2. The number of nitrogens with zero attached hydrogens (tertiary/aromatic N) is 1. The lowest BCUT2D eigenvalue weighted by Crippen LogP contribution is -2.25. The molecule has 0 aliphatic rings.